The van der Waals surface area contributed by atoms with Gasteiger partial charge in [-0.25, -0.2) is 9.97 Å². The predicted molar refractivity (Wildman–Crippen MR) is 123 cm³/mol. The lowest BCUT2D eigenvalue weighted by Gasteiger charge is -2.36. The molecule has 3 aliphatic rings. The summed E-state index contributed by atoms with van der Waals surface area (Å²) >= 11 is 0. The third-order valence-corrected chi connectivity index (χ3v) is 6.67. The van der Waals surface area contributed by atoms with E-state index in [0.717, 1.165) is 69.7 Å². The lowest BCUT2D eigenvalue weighted by Crippen LogP contribution is -2.47. The van der Waals surface area contributed by atoms with Gasteiger partial charge >= 0.3 is 0 Å². The van der Waals surface area contributed by atoms with Gasteiger partial charge in [0.25, 0.3) is 11.8 Å². The summed E-state index contributed by atoms with van der Waals surface area (Å²) in [5, 5.41) is 0. The second-order valence-corrected chi connectivity index (χ2v) is 8.82. The van der Waals surface area contributed by atoms with Crippen molar-refractivity contribution in [2.75, 3.05) is 62.2 Å². The van der Waals surface area contributed by atoms with Crippen LogP contribution in [-0.2, 0) is 0 Å². The number of hydrogen-bond donors (Lipinski definition) is 0. The van der Waals surface area contributed by atoms with Gasteiger partial charge < -0.3 is 9.80 Å². The second-order valence-electron chi connectivity index (χ2n) is 8.82. The molecule has 0 saturated carbocycles. The number of amides is 2. The topological polar surface area (TPSA) is 72.9 Å². The molecule has 0 N–H and O–H groups in total. The Morgan fingerprint density at radius 3 is 1.94 bits per heavy atom. The highest BCUT2D eigenvalue weighted by Gasteiger charge is 2.34. The van der Waals surface area contributed by atoms with Crippen LogP contribution in [0.25, 0.3) is 0 Å². The van der Waals surface area contributed by atoms with Crippen LogP contribution in [0.4, 0.5) is 11.6 Å². The van der Waals surface area contributed by atoms with Crippen LogP contribution in [-0.4, -0.2) is 83.9 Å². The van der Waals surface area contributed by atoms with Gasteiger partial charge in [0.15, 0.2) is 0 Å². The van der Waals surface area contributed by atoms with E-state index >= 15 is 0 Å². The first-order valence-corrected chi connectivity index (χ1v) is 11.6. The Morgan fingerprint density at radius 1 is 0.781 bits per heavy atom. The zero-order valence-corrected chi connectivity index (χ0v) is 18.7. The van der Waals surface area contributed by atoms with Gasteiger partial charge in [-0.15, -0.1) is 0 Å². The van der Waals surface area contributed by atoms with Gasteiger partial charge in [0.1, 0.15) is 17.5 Å². The summed E-state index contributed by atoms with van der Waals surface area (Å²) < 4.78 is 0. The molecule has 0 aliphatic carbocycles. The van der Waals surface area contributed by atoms with Crippen molar-refractivity contribution in [1.82, 2.24) is 19.8 Å². The molecule has 1 aromatic heterocycles. The maximum Gasteiger partial charge on any atom is 0.261 e. The number of carbonyl (C=O) groups is 2. The molecule has 1 aromatic carbocycles. The number of rotatable bonds is 6. The van der Waals surface area contributed by atoms with Crippen LogP contribution in [0, 0.1) is 6.92 Å². The molecule has 8 heteroatoms. The smallest absolute Gasteiger partial charge is 0.261 e. The molecule has 4 heterocycles. The summed E-state index contributed by atoms with van der Waals surface area (Å²) in [4.78, 5) is 42.9. The number of aromatic nitrogens is 2. The van der Waals surface area contributed by atoms with Gasteiger partial charge in [0, 0.05) is 51.9 Å². The van der Waals surface area contributed by atoms with Crippen molar-refractivity contribution in [1.29, 1.82) is 0 Å². The lowest BCUT2D eigenvalue weighted by molar-refractivity contribution is 0.0647. The average molecular weight is 435 g/mol. The number of anilines is 2. The van der Waals surface area contributed by atoms with Gasteiger partial charge in [-0.05, 0) is 44.9 Å². The first kappa shape index (κ1) is 20.9. The van der Waals surface area contributed by atoms with Crippen LogP contribution < -0.4 is 9.80 Å². The molecule has 5 rings (SSSR count). The summed E-state index contributed by atoms with van der Waals surface area (Å²) in [6.07, 6.45) is 3.26. The van der Waals surface area contributed by atoms with E-state index < -0.39 is 0 Å². The fourth-order valence-electron chi connectivity index (χ4n) is 4.90. The number of piperazine rings is 1. The zero-order valence-electron chi connectivity index (χ0n) is 18.7. The molecular weight excluding hydrogens is 404 g/mol. The van der Waals surface area contributed by atoms with Crippen molar-refractivity contribution < 1.29 is 9.59 Å². The molecule has 2 amide bonds. The SMILES string of the molecule is Cc1nc(N2CCCC2)cc(N2CCN(CCCN3C(=O)c4ccccc4C3=O)CC2)n1. The molecule has 168 valence electrons. The highest BCUT2D eigenvalue weighted by molar-refractivity contribution is 6.21. The molecule has 8 nitrogen and oxygen atoms in total. The summed E-state index contributed by atoms with van der Waals surface area (Å²) in [6.45, 7) is 9.21. The van der Waals surface area contributed by atoms with Gasteiger partial charge in [0.05, 0.1) is 11.1 Å². The number of fused-ring (bicyclic) bond motifs is 1. The largest absolute Gasteiger partial charge is 0.356 e. The van der Waals surface area contributed by atoms with Gasteiger partial charge in [-0.1, -0.05) is 12.1 Å². The van der Waals surface area contributed by atoms with E-state index in [0.29, 0.717) is 17.7 Å². The Morgan fingerprint density at radius 2 is 1.34 bits per heavy atom. The number of benzene rings is 1. The molecule has 32 heavy (non-hydrogen) atoms. The first-order valence-electron chi connectivity index (χ1n) is 11.6. The number of imide groups is 1. The summed E-state index contributed by atoms with van der Waals surface area (Å²) in [5.74, 6) is 2.57. The molecule has 3 aliphatic heterocycles. The van der Waals surface area contributed by atoms with Crippen LogP contribution in [0.3, 0.4) is 0 Å². The van der Waals surface area contributed by atoms with Crippen molar-refractivity contribution in [3.63, 3.8) is 0 Å². The normalized spacial score (nSPS) is 19.2. The standard InChI is InChI=1S/C24H30N6O2/c1-18-25-21(28-10-4-5-11-28)17-22(26-18)29-15-13-27(14-16-29)9-6-12-30-23(31)19-7-2-3-8-20(19)24(30)32/h2-3,7-8,17H,4-6,9-16H2,1H3. The highest BCUT2D eigenvalue weighted by atomic mass is 16.2. The monoisotopic (exact) mass is 434 g/mol. The van der Waals surface area contributed by atoms with Crippen LogP contribution in [0.2, 0.25) is 0 Å². The molecule has 2 fully saturated rings. The Labute approximate surface area is 188 Å². The van der Waals surface area contributed by atoms with Crippen LogP contribution >= 0.6 is 0 Å². The Balaban J connectivity index is 1.12. The van der Waals surface area contributed by atoms with Crippen molar-refractivity contribution in [3.8, 4) is 0 Å². The average Bonchev–Trinajstić information content (AvgIpc) is 3.43. The summed E-state index contributed by atoms with van der Waals surface area (Å²) in [5.41, 5.74) is 1.05. The minimum atomic E-state index is -0.164. The van der Waals surface area contributed by atoms with E-state index in [1.54, 1.807) is 24.3 Å². The molecular formula is C24H30N6O2. The van der Waals surface area contributed by atoms with Crippen LogP contribution in [0.15, 0.2) is 30.3 Å². The molecule has 2 aromatic rings. The fraction of sp³-hybridized carbons (Fsp3) is 0.500. The minimum Gasteiger partial charge on any atom is -0.356 e. The molecule has 0 atom stereocenters. The molecule has 0 bridgehead atoms. The van der Waals surface area contributed by atoms with E-state index in [-0.39, 0.29) is 11.8 Å². The predicted octanol–water partition coefficient (Wildman–Crippen LogP) is 2.19. The van der Waals surface area contributed by atoms with E-state index in [4.69, 9.17) is 4.98 Å². The number of nitrogens with zero attached hydrogens (tertiary/aromatic N) is 6. The van der Waals surface area contributed by atoms with Gasteiger partial charge in [-0.3, -0.25) is 19.4 Å². The maximum absolute atomic E-state index is 12.5. The molecule has 2 saturated heterocycles. The Kier molecular flexibility index (Phi) is 5.78. The molecule has 0 spiro atoms. The zero-order chi connectivity index (χ0) is 22.1. The highest BCUT2D eigenvalue weighted by Crippen LogP contribution is 2.24. The number of hydrogen-bond acceptors (Lipinski definition) is 7. The first-order chi connectivity index (χ1) is 15.6. The second kappa shape index (κ2) is 8.86. The number of carbonyl (C=O) groups excluding carboxylic acids is 2. The van der Waals surface area contributed by atoms with Crippen LogP contribution in [0.1, 0.15) is 45.8 Å². The third-order valence-electron chi connectivity index (χ3n) is 6.67. The summed E-state index contributed by atoms with van der Waals surface area (Å²) in [7, 11) is 0. The van der Waals surface area contributed by atoms with Crippen molar-refractivity contribution in [2.24, 2.45) is 0 Å². The molecule has 0 unspecified atom stereocenters. The number of aryl methyl sites for hydroxylation is 1. The van der Waals surface area contributed by atoms with E-state index in [1.807, 2.05) is 6.92 Å². The molecule has 0 radical (unpaired) electrons. The lowest BCUT2D eigenvalue weighted by atomic mass is 10.1. The third kappa shape index (κ3) is 4.07. The Hall–Kier alpha value is -3.00. The van der Waals surface area contributed by atoms with E-state index in [1.165, 1.54) is 17.7 Å². The minimum absolute atomic E-state index is 0.164. The van der Waals surface area contributed by atoms with E-state index in [9.17, 15) is 9.59 Å². The van der Waals surface area contributed by atoms with Crippen molar-refractivity contribution >= 4 is 23.5 Å². The van der Waals surface area contributed by atoms with Gasteiger partial charge in [-0.2, -0.15) is 0 Å². The van der Waals surface area contributed by atoms with Crippen molar-refractivity contribution in [3.05, 3.63) is 47.3 Å². The van der Waals surface area contributed by atoms with Crippen LogP contribution in [0.5, 0.6) is 0 Å². The van der Waals surface area contributed by atoms with Crippen molar-refractivity contribution in [2.45, 2.75) is 26.2 Å². The Bertz CT molecular complexity index is 976. The van der Waals surface area contributed by atoms with E-state index in [2.05, 4.69) is 25.8 Å². The quantitative estimate of drug-likeness (QED) is 0.646. The maximum atomic E-state index is 12.5. The fourth-order valence-corrected chi connectivity index (χ4v) is 4.90. The summed E-state index contributed by atoms with van der Waals surface area (Å²) in [6, 6.07) is 9.22. The van der Waals surface area contributed by atoms with Gasteiger partial charge in [0.2, 0.25) is 0 Å².